The minimum atomic E-state index is 0.212. The molecule has 1 N–H and O–H groups in total. The molecule has 1 aromatic carbocycles. The number of hydrogen-bond acceptors (Lipinski definition) is 3. The van der Waals surface area contributed by atoms with E-state index in [0.717, 1.165) is 66.0 Å². The van der Waals surface area contributed by atoms with Crippen LogP contribution in [0.4, 0.5) is 0 Å². The molecule has 3 heterocycles. The summed E-state index contributed by atoms with van der Waals surface area (Å²) in [6.45, 7) is 7.14. The van der Waals surface area contributed by atoms with E-state index in [1.165, 1.54) is 0 Å². The quantitative estimate of drug-likeness (QED) is 0.854. The molecule has 4 rings (SSSR count). The average molecular weight is 392 g/mol. The lowest BCUT2D eigenvalue weighted by Gasteiger charge is -2.43. The van der Waals surface area contributed by atoms with Crippen LogP contribution in [0, 0.1) is 6.92 Å². The third-order valence-electron chi connectivity index (χ3n) is 5.20. The zero-order chi connectivity index (χ0) is 16.7. The summed E-state index contributed by atoms with van der Waals surface area (Å²) >= 11 is 3.53. The van der Waals surface area contributed by atoms with E-state index < -0.39 is 0 Å². The van der Waals surface area contributed by atoms with Crippen LogP contribution in [-0.4, -0.2) is 66.1 Å². The van der Waals surface area contributed by atoms with Crippen molar-refractivity contribution in [1.82, 2.24) is 14.8 Å². The fourth-order valence-corrected chi connectivity index (χ4v) is 4.18. The standard InChI is InChI=1S/C18H22BrN3O2/c1-12-15(16-8-13(19)2-3-17(16)20-12)9-18(23)22-5-4-21-6-7-24-11-14(21)10-22/h2-3,8,14,20H,4-7,9-11H2,1H3. The molecule has 0 aliphatic carbocycles. The first kappa shape index (κ1) is 16.1. The highest BCUT2D eigenvalue weighted by Gasteiger charge is 2.31. The first-order valence-corrected chi connectivity index (χ1v) is 9.27. The van der Waals surface area contributed by atoms with Gasteiger partial charge >= 0.3 is 0 Å². The average Bonchev–Trinajstić information content (AvgIpc) is 2.89. The molecule has 2 fully saturated rings. The number of halogens is 1. The van der Waals surface area contributed by atoms with Gasteiger partial charge in [-0.15, -0.1) is 0 Å². The van der Waals surface area contributed by atoms with Crippen molar-refractivity contribution >= 4 is 32.7 Å². The molecule has 128 valence electrons. The molecule has 2 aliphatic heterocycles. The zero-order valence-electron chi connectivity index (χ0n) is 13.8. The number of H-pyrrole nitrogens is 1. The lowest BCUT2D eigenvalue weighted by Crippen LogP contribution is -2.59. The minimum absolute atomic E-state index is 0.212. The number of fused-ring (bicyclic) bond motifs is 2. The van der Waals surface area contributed by atoms with E-state index in [1.807, 2.05) is 17.9 Å². The van der Waals surface area contributed by atoms with Gasteiger partial charge in [-0.25, -0.2) is 0 Å². The molecule has 1 aromatic heterocycles. The number of aryl methyl sites for hydroxylation is 1. The van der Waals surface area contributed by atoms with Crippen molar-refractivity contribution in [3.8, 4) is 0 Å². The number of aromatic nitrogens is 1. The van der Waals surface area contributed by atoms with Crippen LogP contribution in [0.15, 0.2) is 22.7 Å². The van der Waals surface area contributed by atoms with Gasteiger partial charge in [0.15, 0.2) is 0 Å². The Morgan fingerprint density at radius 1 is 1.38 bits per heavy atom. The molecule has 24 heavy (non-hydrogen) atoms. The number of ether oxygens (including phenoxy) is 1. The second-order valence-corrected chi connectivity index (χ2v) is 7.62. The molecule has 0 bridgehead atoms. The Bertz CT molecular complexity index is 773. The fraction of sp³-hybridized carbons (Fsp3) is 0.500. The van der Waals surface area contributed by atoms with Crippen molar-refractivity contribution in [2.24, 2.45) is 0 Å². The summed E-state index contributed by atoms with van der Waals surface area (Å²) in [4.78, 5) is 20.7. The Labute approximate surface area is 150 Å². The van der Waals surface area contributed by atoms with Crippen molar-refractivity contribution < 1.29 is 9.53 Å². The van der Waals surface area contributed by atoms with Crippen molar-refractivity contribution in [3.05, 3.63) is 33.9 Å². The molecule has 1 unspecified atom stereocenters. The Morgan fingerprint density at radius 3 is 3.12 bits per heavy atom. The molecule has 6 heteroatoms. The molecule has 0 saturated carbocycles. The van der Waals surface area contributed by atoms with Gasteiger partial charge in [0.1, 0.15) is 0 Å². The predicted octanol–water partition coefficient (Wildman–Crippen LogP) is 2.32. The molecule has 2 aromatic rings. The van der Waals surface area contributed by atoms with Crippen LogP contribution in [-0.2, 0) is 16.0 Å². The van der Waals surface area contributed by atoms with Gasteiger partial charge in [-0.2, -0.15) is 0 Å². The summed E-state index contributed by atoms with van der Waals surface area (Å²) in [5, 5.41) is 1.13. The number of carbonyl (C=O) groups excluding carboxylic acids is 1. The van der Waals surface area contributed by atoms with Crippen molar-refractivity contribution in [1.29, 1.82) is 0 Å². The van der Waals surface area contributed by atoms with E-state index in [-0.39, 0.29) is 5.91 Å². The summed E-state index contributed by atoms with van der Waals surface area (Å²) in [6, 6.07) is 6.52. The van der Waals surface area contributed by atoms with Crippen LogP contribution in [0.2, 0.25) is 0 Å². The van der Waals surface area contributed by atoms with E-state index in [9.17, 15) is 4.79 Å². The van der Waals surface area contributed by atoms with E-state index in [0.29, 0.717) is 12.5 Å². The van der Waals surface area contributed by atoms with Crippen LogP contribution in [0.5, 0.6) is 0 Å². The van der Waals surface area contributed by atoms with Gasteiger partial charge in [-0.1, -0.05) is 15.9 Å². The summed E-state index contributed by atoms with van der Waals surface area (Å²) in [6.07, 6.45) is 0.454. The highest BCUT2D eigenvalue weighted by molar-refractivity contribution is 9.10. The number of amides is 1. The lowest BCUT2D eigenvalue weighted by molar-refractivity contribution is -0.136. The molecular formula is C18H22BrN3O2. The monoisotopic (exact) mass is 391 g/mol. The number of rotatable bonds is 2. The third-order valence-corrected chi connectivity index (χ3v) is 5.69. The molecule has 0 spiro atoms. The maximum atomic E-state index is 12.9. The van der Waals surface area contributed by atoms with Crippen LogP contribution < -0.4 is 0 Å². The second kappa shape index (κ2) is 6.50. The fourth-order valence-electron chi connectivity index (χ4n) is 3.82. The maximum Gasteiger partial charge on any atom is 0.227 e. The number of benzene rings is 1. The molecule has 0 radical (unpaired) electrons. The summed E-state index contributed by atoms with van der Waals surface area (Å²) in [5.74, 6) is 0.212. The number of hydrogen-bond donors (Lipinski definition) is 1. The molecule has 1 atom stereocenters. The van der Waals surface area contributed by atoms with Crippen LogP contribution in [0.1, 0.15) is 11.3 Å². The number of carbonyl (C=O) groups is 1. The van der Waals surface area contributed by atoms with Gasteiger partial charge in [0.2, 0.25) is 5.91 Å². The molecule has 2 aliphatic rings. The molecular weight excluding hydrogens is 370 g/mol. The molecule has 5 nitrogen and oxygen atoms in total. The topological polar surface area (TPSA) is 48.6 Å². The molecule has 2 saturated heterocycles. The first-order chi connectivity index (χ1) is 11.6. The van der Waals surface area contributed by atoms with Crippen molar-refractivity contribution in [3.63, 3.8) is 0 Å². The van der Waals surface area contributed by atoms with Crippen LogP contribution in [0.25, 0.3) is 10.9 Å². The Balaban J connectivity index is 1.52. The Kier molecular flexibility index (Phi) is 4.37. The summed E-state index contributed by atoms with van der Waals surface area (Å²) in [5.41, 5.74) is 3.28. The van der Waals surface area contributed by atoms with Gasteiger partial charge in [0, 0.05) is 47.2 Å². The Morgan fingerprint density at radius 2 is 2.25 bits per heavy atom. The van der Waals surface area contributed by atoms with E-state index in [2.05, 4.69) is 37.9 Å². The smallest absolute Gasteiger partial charge is 0.227 e. The largest absolute Gasteiger partial charge is 0.378 e. The zero-order valence-corrected chi connectivity index (χ0v) is 15.4. The van der Waals surface area contributed by atoms with Gasteiger partial charge in [-0.05, 0) is 30.7 Å². The Hall–Kier alpha value is -1.37. The van der Waals surface area contributed by atoms with Gasteiger partial charge in [0.05, 0.1) is 25.7 Å². The lowest BCUT2D eigenvalue weighted by atomic mass is 10.1. The number of piperazine rings is 1. The highest BCUT2D eigenvalue weighted by atomic mass is 79.9. The van der Waals surface area contributed by atoms with Crippen molar-refractivity contribution in [2.75, 3.05) is 39.4 Å². The molecule has 1 amide bonds. The number of morpholine rings is 1. The van der Waals surface area contributed by atoms with Gasteiger partial charge < -0.3 is 14.6 Å². The number of aromatic amines is 1. The number of nitrogens with zero attached hydrogens (tertiary/aromatic N) is 2. The maximum absolute atomic E-state index is 12.9. The van der Waals surface area contributed by atoms with Gasteiger partial charge in [0.25, 0.3) is 0 Å². The SMILES string of the molecule is Cc1[nH]c2ccc(Br)cc2c1CC(=O)N1CCN2CCOCC2C1. The van der Waals surface area contributed by atoms with Crippen LogP contribution in [0.3, 0.4) is 0 Å². The van der Waals surface area contributed by atoms with Crippen LogP contribution >= 0.6 is 15.9 Å². The van der Waals surface area contributed by atoms with Crippen molar-refractivity contribution in [2.45, 2.75) is 19.4 Å². The summed E-state index contributed by atoms with van der Waals surface area (Å²) in [7, 11) is 0. The first-order valence-electron chi connectivity index (χ1n) is 8.48. The van der Waals surface area contributed by atoms with Gasteiger partial charge in [-0.3, -0.25) is 9.69 Å². The predicted molar refractivity (Wildman–Crippen MR) is 97.2 cm³/mol. The number of nitrogens with one attached hydrogen (secondary N) is 1. The summed E-state index contributed by atoms with van der Waals surface area (Å²) < 4.78 is 6.61. The van der Waals surface area contributed by atoms with E-state index in [4.69, 9.17) is 4.74 Å². The third kappa shape index (κ3) is 2.98. The van der Waals surface area contributed by atoms with E-state index >= 15 is 0 Å². The second-order valence-electron chi connectivity index (χ2n) is 6.70. The highest BCUT2D eigenvalue weighted by Crippen LogP contribution is 2.26. The minimum Gasteiger partial charge on any atom is -0.378 e. The normalized spacial score (nSPS) is 21.9. The van der Waals surface area contributed by atoms with E-state index in [1.54, 1.807) is 0 Å².